The number of benzene rings is 2. The standard InChI is InChI=1S/C17H15Cl2NO4/c1-10-6-7-13(18)16(15(10)19)20-14(21)9-24-12-5-3-4-11(8-12)17(22)23-2/h3-8H,9H2,1-2H3,(H,20,21). The Morgan fingerprint density at radius 2 is 1.92 bits per heavy atom. The molecule has 24 heavy (non-hydrogen) atoms. The predicted molar refractivity (Wildman–Crippen MR) is 93.1 cm³/mol. The second-order valence-corrected chi connectivity index (χ2v) is 5.69. The minimum atomic E-state index is -0.483. The maximum absolute atomic E-state index is 12.0. The van der Waals surface area contributed by atoms with E-state index in [-0.39, 0.29) is 6.61 Å². The summed E-state index contributed by atoms with van der Waals surface area (Å²) in [6, 6.07) is 9.76. The third kappa shape index (κ3) is 4.40. The highest BCUT2D eigenvalue weighted by Crippen LogP contribution is 2.32. The van der Waals surface area contributed by atoms with Crippen molar-refractivity contribution in [1.82, 2.24) is 0 Å². The van der Waals surface area contributed by atoms with Crippen LogP contribution in [0.15, 0.2) is 36.4 Å². The summed E-state index contributed by atoms with van der Waals surface area (Å²) in [6.07, 6.45) is 0. The van der Waals surface area contributed by atoms with Gasteiger partial charge in [-0.15, -0.1) is 0 Å². The summed E-state index contributed by atoms with van der Waals surface area (Å²) in [7, 11) is 1.29. The number of hydrogen-bond acceptors (Lipinski definition) is 4. The van der Waals surface area contributed by atoms with Crippen molar-refractivity contribution >= 4 is 40.8 Å². The van der Waals surface area contributed by atoms with Gasteiger partial charge in [0, 0.05) is 0 Å². The molecule has 1 N–H and O–H groups in total. The summed E-state index contributed by atoms with van der Waals surface area (Å²) in [5.41, 5.74) is 1.47. The Hall–Kier alpha value is -2.24. The van der Waals surface area contributed by atoms with Crippen LogP contribution >= 0.6 is 23.2 Å². The molecule has 7 heteroatoms. The van der Waals surface area contributed by atoms with E-state index in [9.17, 15) is 9.59 Å². The molecule has 0 radical (unpaired) electrons. The van der Waals surface area contributed by atoms with Gasteiger partial charge in [-0.25, -0.2) is 4.79 Å². The van der Waals surface area contributed by atoms with Crippen LogP contribution in [0.2, 0.25) is 10.0 Å². The van der Waals surface area contributed by atoms with Crippen LogP contribution in [0.1, 0.15) is 15.9 Å². The monoisotopic (exact) mass is 367 g/mol. The Bertz CT molecular complexity index is 777. The third-order valence-electron chi connectivity index (χ3n) is 3.17. The number of methoxy groups -OCH3 is 1. The molecule has 2 rings (SSSR count). The molecule has 0 aromatic heterocycles. The van der Waals surface area contributed by atoms with Crippen LogP contribution in [0.25, 0.3) is 0 Å². The van der Waals surface area contributed by atoms with Crippen molar-refractivity contribution < 1.29 is 19.1 Å². The number of hydrogen-bond donors (Lipinski definition) is 1. The smallest absolute Gasteiger partial charge is 0.337 e. The summed E-state index contributed by atoms with van der Waals surface area (Å²) in [6.45, 7) is 1.55. The molecule has 126 valence electrons. The zero-order valence-corrected chi connectivity index (χ0v) is 14.6. The zero-order chi connectivity index (χ0) is 17.7. The van der Waals surface area contributed by atoms with Crippen LogP contribution in [0.5, 0.6) is 5.75 Å². The number of rotatable bonds is 5. The lowest BCUT2D eigenvalue weighted by Gasteiger charge is -2.12. The molecule has 0 bridgehead atoms. The molecular weight excluding hydrogens is 353 g/mol. The van der Waals surface area contributed by atoms with Gasteiger partial charge in [-0.1, -0.05) is 35.3 Å². The van der Waals surface area contributed by atoms with Gasteiger partial charge in [-0.3, -0.25) is 4.79 Å². The number of carbonyl (C=O) groups excluding carboxylic acids is 2. The van der Waals surface area contributed by atoms with E-state index >= 15 is 0 Å². The molecule has 0 unspecified atom stereocenters. The van der Waals surface area contributed by atoms with Crippen molar-refractivity contribution in [2.45, 2.75) is 6.92 Å². The third-order valence-corrected chi connectivity index (χ3v) is 3.98. The van der Waals surface area contributed by atoms with Gasteiger partial charge >= 0.3 is 5.97 Å². The maximum atomic E-state index is 12.0. The Kier molecular flexibility index (Phi) is 6.06. The molecule has 0 fully saturated rings. The summed E-state index contributed by atoms with van der Waals surface area (Å²) in [5.74, 6) is -0.536. The molecule has 5 nitrogen and oxygen atoms in total. The van der Waals surface area contributed by atoms with E-state index in [1.165, 1.54) is 13.2 Å². The molecule has 0 aliphatic rings. The zero-order valence-electron chi connectivity index (χ0n) is 13.1. The highest BCUT2D eigenvalue weighted by atomic mass is 35.5. The minimum absolute atomic E-state index is 0.259. The van der Waals surface area contributed by atoms with Crippen molar-refractivity contribution in [2.24, 2.45) is 0 Å². The highest BCUT2D eigenvalue weighted by Gasteiger charge is 2.13. The summed E-state index contributed by atoms with van der Waals surface area (Å²) in [5, 5.41) is 3.34. The van der Waals surface area contributed by atoms with E-state index in [0.717, 1.165) is 5.56 Å². The maximum Gasteiger partial charge on any atom is 0.337 e. The Balaban J connectivity index is 2.02. The number of nitrogens with one attached hydrogen (secondary N) is 1. The predicted octanol–water partition coefficient (Wildman–Crippen LogP) is 4.11. The number of anilines is 1. The Morgan fingerprint density at radius 3 is 2.62 bits per heavy atom. The van der Waals surface area contributed by atoms with Crippen LogP contribution in [0.4, 0.5) is 5.69 Å². The first-order valence-corrected chi connectivity index (χ1v) is 7.73. The van der Waals surface area contributed by atoms with Gasteiger partial charge in [0.2, 0.25) is 0 Å². The van der Waals surface area contributed by atoms with Crippen LogP contribution in [0, 0.1) is 6.92 Å². The SMILES string of the molecule is COC(=O)c1cccc(OCC(=O)Nc2c(Cl)ccc(C)c2Cl)c1. The fourth-order valence-electron chi connectivity index (χ4n) is 1.93. The lowest BCUT2D eigenvalue weighted by atomic mass is 10.2. The molecule has 0 saturated heterocycles. The Labute approximate surface area is 149 Å². The van der Waals surface area contributed by atoms with Gasteiger partial charge in [0.1, 0.15) is 5.75 Å². The first-order chi connectivity index (χ1) is 11.4. The molecule has 0 saturated carbocycles. The van der Waals surface area contributed by atoms with Gasteiger partial charge in [0.25, 0.3) is 5.91 Å². The van der Waals surface area contributed by atoms with Crippen molar-refractivity contribution in [1.29, 1.82) is 0 Å². The molecule has 0 aliphatic heterocycles. The molecule has 2 aromatic carbocycles. The molecule has 0 spiro atoms. The van der Waals surface area contributed by atoms with Gasteiger partial charge < -0.3 is 14.8 Å². The van der Waals surface area contributed by atoms with Crippen molar-refractivity contribution in [2.75, 3.05) is 19.0 Å². The lowest BCUT2D eigenvalue weighted by Crippen LogP contribution is -2.20. The summed E-state index contributed by atoms with van der Waals surface area (Å²) in [4.78, 5) is 23.5. The van der Waals surface area contributed by atoms with Crippen LogP contribution in [-0.2, 0) is 9.53 Å². The average Bonchev–Trinajstić information content (AvgIpc) is 2.59. The van der Waals surface area contributed by atoms with E-state index in [4.69, 9.17) is 27.9 Å². The fraction of sp³-hybridized carbons (Fsp3) is 0.176. The van der Waals surface area contributed by atoms with E-state index in [1.54, 1.807) is 30.3 Å². The number of halogens is 2. The van der Waals surface area contributed by atoms with Crippen LogP contribution in [0.3, 0.4) is 0 Å². The molecular formula is C17H15Cl2NO4. The molecule has 0 heterocycles. The molecule has 0 atom stereocenters. The Morgan fingerprint density at radius 1 is 1.17 bits per heavy atom. The number of carbonyl (C=O) groups is 2. The van der Waals surface area contributed by atoms with Gasteiger partial charge in [0.05, 0.1) is 28.4 Å². The van der Waals surface area contributed by atoms with Crippen molar-refractivity contribution in [3.63, 3.8) is 0 Å². The van der Waals surface area contributed by atoms with Gasteiger partial charge in [-0.2, -0.15) is 0 Å². The van der Waals surface area contributed by atoms with E-state index in [1.807, 2.05) is 6.92 Å². The summed E-state index contributed by atoms with van der Waals surface area (Å²) < 4.78 is 10.0. The fourth-order valence-corrected chi connectivity index (χ4v) is 2.39. The number of esters is 1. The number of aryl methyl sites for hydroxylation is 1. The topological polar surface area (TPSA) is 64.6 Å². The van der Waals surface area contributed by atoms with Crippen LogP contribution in [-0.4, -0.2) is 25.6 Å². The molecule has 1 amide bonds. The largest absolute Gasteiger partial charge is 0.484 e. The van der Waals surface area contributed by atoms with Gasteiger partial charge in [-0.05, 0) is 36.8 Å². The van der Waals surface area contributed by atoms with E-state index < -0.39 is 11.9 Å². The molecule has 0 aliphatic carbocycles. The van der Waals surface area contributed by atoms with Crippen molar-refractivity contribution in [3.8, 4) is 5.75 Å². The van der Waals surface area contributed by atoms with Crippen molar-refractivity contribution in [3.05, 3.63) is 57.6 Å². The number of ether oxygens (including phenoxy) is 2. The normalized spacial score (nSPS) is 10.2. The van der Waals surface area contributed by atoms with E-state index in [0.29, 0.717) is 27.0 Å². The van der Waals surface area contributed by atoms with Crippen LogP contribution < -0.4 is 10.1 Å². The highest BCUT2D eigenvalue weighted by molar-refractivity contribution is 6.40. The van der Waals surface area contributed by atoms with E-state index in [2.05, 4.69) is 10.1 Å². The second-order valence-electron chi connectivity index (χ2n) is 4.91. The average molecular weight is 368 g/mol. The first kappa shape index (κ1) is 18.1. The second kappa shape index (κ2) is 8.04. The minimum Gasteiger partial charge on any atom is -0.484 e. The summed E-state index contributed by atoms with van der Waals surface area (Å²) >= 11 is 12.2. The quantitative estimate of drug-likeness (QED) is 0.807. The van der Waals surface area contributed by atoms with Gasteiger partial charge in [0.15, 0.2) is 6.61 Å². The number of amides is 1. The first-order valence-electron chi connectivity index (χ1n) is 6.98. The molecule has 2 aromatic rings. The lowest BCUT2D eigenvalue weighted by molar-refractivity contribution is -0.118.